The lowest BCUT2D eigenvalue weighted by molar-refractivity contribution is 0.0342. The van der Waals surface area contributed by atoms with Crippen molar-refractivity contribution in [2.24, 2.45) is 5.92 Å². The molecular weight excluding hydrogens is 252 g/mol. The zero-order valence-electron chi connectivity index (χ0n) is 12.4. The zero-order chi connectivity index (χ0) is 14.4. The molecule has 0 radical (unpaired) electrons. The molecule has 1 saturated heterocycles. The normalized spacial score (nSPS) is 16.4. The van der Waals surface area contributed by atoms with Crippen LogP contribution in [0.2, 0.25) is 0 Å². The molecule has 1 heterocycles. The molecule has 2 rings (SSSR count). The van der Waals surface area contributed by atoms with E-state index in [4.69, 9.17) is 4.74 Å². The molecule has 1 N–H and O–H groups in total. The second kappa shape index (κ2) is 7.41. The van der Waals surface area contributed by atoms with Gasteiger partial charge in [-0.15, -0.1) is 0 Å². The molecule has 1 amide bonds. The first-order valence-electron chi connectivity index (χ1n) is 7.32. The summed E-state index contributed by atoms with van der Waals surface area (Å²) < 4.78 is 5.34. The Bertz CT molecular complexity index is 423. The topological polar surface area (TPSA) is 41.6 Å². The molecule has 4 heteroatoms. The smallest absolute Gasteiger partial charge is 0.251 e. The van der Waals surface area contributed by atoms with Gasteiger partial charge in [-0.25, -0.2) is 0 Å². The van der Waals surface area contributed by atoms with Crippen LogP contribution < -0.4 is 5.32 Å². The van der Waals surface area contributed by atoms with Gasteiger partial charge in [0.15, 0.2) is 0 Å². The third-order valence-corrected chi connectivity index (χ3v) is 3.40. The predicted octanol–water partition coefficient (Wildman–Crippen LogP) is 1.90. The SMILES string of the molecule is CC(C)CNC(=O)c1ccc(CN2CCOCC2)cc1. The summed E-state index contributed by atoms with van der Waals surface area (Å²) in [4.78, 5) is 14.3. The van der Waals surface area contributed by atoms with Crippen LogP contribution in [0.1, 0.15) is 29.8 Å². The minimum Gasteiger partial charge on any atom is -0.379 e. The summed E-state index contributed by atoms with van der Waals surface area (Å²) in [5, 5.41) is 2.93. The highest BCUT2D eigenvalue weighted by molar-refractivity contribution is 5.94. The van der Waals surface area contributed by atoms with Crippen molar-refractivity contribution in [2.45, 2.75) is 20.4 Å². The number of morpholine rings is 1. The number of carbonyl (C=O) groups is 1. The molecule has 4 nitrogen and oxygen atoms in total. The number of amides is 1. The molecule has 1 aliphatic heterocycles. The molecule has 20 heavy (non-hydrogen) atoms. The molecule has 0 bridgehead atoms. The first-order chi connectivity index (χ1) is 9.65. The Morgan fingerprint density at radius 1 is 1.25 bits per heavy atom. The lowest BCUT2D eigenvalue weighted by atomic mass is 10.1. The van der Waals surface area contributed by atoms with Gasteiger partial charge >= 0.3 is 0 Å². The van der Waals surface area contributed by atoms with Crippen LogP contribution in [0, 0.1) is 5.92 Å². The van der Waals surface area contributed by atoms with Gasteiger partial charge in [0.1, 0.15) is 0 Å². The fourth-order valence-electron chi connectivity index (χ4n) is 2.18. The van der Waals surface area contributed by atoms with Crippen molar-refractivity contribution in [1.82, 2.24) is 10.2 Å². The molecule has 110 valence electrons. The van der Waals surface area contributed by atoms with Crippen LogP contribution >= 0.6 is 0 Å². The number of hydrogen-bond acceptors (Lipinski definition) is 3. The molecule has 0 unspecified atom stereocenters. The molecule has 0 atom stereocenters. The van der Waals surface area contributed by atoms with Crippen molar-refractivity contribution in [1.29, 1.82) is 0 Å². The highest BCUT2D eigenvalue weighted by Gasteiger charge is 2.11. The van der Waals surface area contributed by atoms with E-state index in [0.29, 0.717) is 12.5 Å². The fourth-order valence-corrected chi connectivity index (χ4v) is 2.18. The lowest BCUT2D eigenvalue weighted by Gasteiger charge is -2.26. The number of ether oxygens (including phenoxy) is 1. The Balaban J connectivity index is 1.87. The number of nitrogens with zero attached hydrogens (tertiary/aromatic N) is 1. The van der Waals surface area contributed by atoms with Gasteiger partial charge in [0.2, 0.25) is 0 Å². The zero-order valence-corrected chi connectivity index (χ0v) is 12.4. The number of nitrogens with one attached hydrogen (secondary N) is 1. The van der Waals surface area contributed by atoms with Crippen LogP contribution in [0.25, 0.3) is 0 Å². The van der Waals surface area contributed by atoms with Crippen LogP contribution in [0.3, 0.4) is 0 Å². The van der Waals surface area contributed by atoms with Crippen molar-refractivity contribution < 1.29 is 9.53 Å². The minimum atomic E-state index is 0.0108. The predicted molar refractivity (Wildman–Crippen MR) is 79.7 cm³/mol. The minimum absolute atomic E-state index is 0.0108. The summed E-state index contributed by atoms with van der Waals surface area (Å²) in [5.74, 6) is 0.483. The summed E-state index contributed by atoms with van der Waals surface area (Å²) in [6, 6.07) is 7.90. The average molecular weight is 276 g/mol. The van der Waals surface area contributed by atoms with Gasteiger partial charge in [-0.05, 0) is 23.6 Å². The number of carbonyl (C=O) groups excluding carboxylic acids is 1. The van der Waals surface area contributed by atoms with Crippen LogP contribution in [0.4, 0.5) is 0 Å². The highest BCUT2D eigenvalue weighted by Crippen LogP contribution is 2.09. The van der Waals surface area contributed by atoms with E-state index in [-0.39, 0.29) is 5.91 Å². The Morgan fingerprint density at radius 2 is 1.90 bits per heavy atom. The van der Waals surface area contributed by atoms with Gasteiger partial charge in [-0.2, -0.15) is 0 Å². The van der Waals surface area contributed by atoms with Gasteiger partial charge in [0, 0.05) is 31.7 Å². The van der Waals surface area contributed by atoms with E-state index in [9.17, 15) is 4.79 Å². The molecule has 1 aromatic carbocycles. The molecule has 0 aliphatic carbocycles. The average Bonchev–Trinajstić information content (AvgIpc) is 2.46. The van der Waals surface area contributed by atoms with Gasteiger partial charge in [0.05, 0.1) is 13.2 Å². The summed E-state index contributed by atoms with van der Waals surface area (Å²) in [5.41, 5.74) is 1.98. The summed E-state index contributed by atoms with van der Waals surface area (Å²) in [6.07, 6.45) is 0. The Labute approximate surface area is 121 Å². The molecule has 0 aromatic heterocycles. The summed E-state index contributed by atoms with van der Waals surface area (Å²) in [6.45, 7) is 9.42. The maximum Gasteiger partial charge on any atom is 0.251 e. The fraction of sp³-hybridized carbons (Fsp3) is 0.562. The molecule has 1 aromatic rings. The summed E-state index contributed by atoms with van der Waals surface area (Å²) in [7, 11) is 0. The lowest BCUT2D eigenvalue weighted by Crippen LogP contribution is -2.35. The van der Waals surface area contributed by atoms with Gasteiger partial charge in [-0.1, -0.05) is 26.0 Å². The molecule has 0 spiro atoms. The van der Waals surface area contributed by atoms with Crippen molar-refractivity contribution in [3.8, 4) is 0 Å². The van der Waals surface area contributed by atoms with Crippen LogP contribution in [-0.4, -0.2) is 43.7 Å². The number of rotatable bonds is 5. The Hall–Kier alpha value is -1.39. The Kier molecular flexibility index (Phi) is 5.56. The van der Waals surface area contributed by atoms with Crippen LogP contribution in [0.15, 0.2) is 24.3 Å². The maximum absolute atomic E-state index is 11.9. The van der Waals surface area contributed by atoms with Crippen molar-refractivity contribution in [2.75, 3.05) is 32.8 Å². The van der Waals surface area contributed by atoms with Crippen LogP contribution in [0.5, 0.6) is 0 Å². The van der Waals surface area contributed by atoms with E-state index in [1.54, 1.807) is 0 Å². The van der Waals surface area contributed by atoms with Gasteiger partial charge in [-0.3, -0.25) is 9.69 Å². The van der Waals surface area contributed by atoms with Gasteiger partial charge < -0.3 is 10.1 Å². The largest absolute Gasteiger partial charge is 0.379 e. The third-order valence-electron chi connectivity index (χ3n) is 3.40. The second-order valence-corrected chi connectivity index (χ2v) is 5.69. The van der Waals surface area contributed by atoms with Crippen molar-refractivity contribution >= 4 is 5.91 Å². The number of hydrogen-bond donors (Lipinski definition) is 1. The monoisotopic (exact) mass is 276 g/mol. The first kappa shape index (κ1) is 15.0. The molecule has 1 aliphatic rings. The summed E-state index contributed by atoms with van der Waals surface area (Å²) >= 11 is 0. The standard InChI is InChI=1S/C16H24N2O2/c1-13(2)11-17-16(19)15-5-3-14(4-6-15)12-18-7-9-20-10-8-18/h3-6,13H,7-12H2,1-2H3,(H,17,19). The van der Waals surface area contributed by atoms with E-state index in [1.807, 2.05) is 24.3 Å². The van der Waals surface area contributed by atoms with Crippen LogP contribution in [-0.2, 0) is 11.3 Å². The quantitative estimate of drug-likeness (QED) is 0.893. The second-order valence-electron chi connectivity index (χ2n) is 5.69. The first-order valence-corrected chi connectivity index (χ1v) is 7.32. The molecule has 0 saturated carbocycles. The highest BCUT2D eigenvalue weighted by atomic mass is 16.5. The Morgan fingerprint density at radius 3 is 2.50 bits per heavy atom. The molecular formula is C16H24N2O2. The maximum atomic E-state index is 11.9. The molecule has 1 fully saturated rings. The van der Waals surface area contributed by atoms with Crippen molar-refractivity contribution in [3.63, 3.8) is 0 Å². The van der Waals surface area contributed by atoms with E-state index >= 15 is 0 Å². The van der Waals surface area contributed by atoms with Crippen molar-refractivity contribution in [3.05, 3.63) is 35.4 Å². The van der Waals surface area contributed by atoms with E-state index < -0.39 is 0 Å². The van der Waals surface area contributed by atoms with E-state index in [0.717, 1.165) is 38.4 Å². The third kappa shape index (κ3) is 4.62. The van der Waals surface area contributed by atoms with E-state index in [1.165, 1.54) is 5.56 Å². The number of benzene rings is 1. The van der Waals surface area contributed by atoms with E-state index in [2.05, 4.69) is 24.1 Å². The van der Waals surface area contributed by atoms with Gasteiger partial charge in [0.25, 0.3) is 5.91 Å².